The Kier molecular flexibility index (Phi) is 4.73. The molecular formula is C20H30O7. The number of hydrogen-bond donors (Lipinski definition) is 4. The minimum atomic E-state index is -1.44. The summed E-state index contributed by atoms with van der Waals surface area (Å²) in [6.45, 7) is 7.67. The van der Waals surface area contributed by atoms with E-state index in [2.05, 4.69) is 11.7 Å². The number of rotatable bonds is 4. The van der Waals surface area contributed by atoms with Crippen molar-refractivity contribution in [1.82, 2.24) is 0 Å². The molecule has 0 aromatic heterocycles. The molecule has 0 amide bonds. The summed E-state index contributed by atoms with van der Waals surface area (Å²) < 4.78 is 4.68. The van der Waals surface area contributed by atoms with E-state index in [-0.39, 0.29) is 23.8 Å². The van der Waals surface area contributed by atoms with E-state index >= 15 is 0 Å². The molecule has 4 N–H and O–H groups in total. The summed E-state index contributed by atoms with van der Waals surface area (Å²) in [4.78, 5) is 23.2. The number of hydrogen-bond acceptors (Lipinski definition) is 6. The van der Waals surface area contributed by atoms with Crippen molar-refractivity contribution in [2.24, 2.45) is 28.6 Å². The van der Waals surface area contributed by atoms with E-state index in [1.807, 2.05) is 13.8 Å². The number of aliphatic hydroxyl groups is 3. The lowest BCUT2D eigenvalue weighted by Gasteiger charge is -2.56. The fourth-order valence-electron chi connectivity index (χ4n) is 5.99. The zero-order valence-corrected chi connectivity index (χ0v) is 16.3. The lowest BCUT2D eigenvalue weighted by molar-refractivity contribution is -0.163. The molecule has 1 aliphatic heterocycles. The van der Waals surface area contributed by atoms with Gasteiger partial charge in [0.1, 0.15) is 0 Å². The lowest BCUT2D eigenvalue weighted by atomic mass is 9.49. The number of fused-ring (bicyclic) bond motifs is 1. The van der Waals surface area contributed by atoms with Crippen molar-refractivity contribution in [2.45, 2.75) is 71.4 Å². The maximum absolute atomic E-state index is 11.8. The molecule has 8 atom stereocenters. The Labute approximate surface area is 159 Å². The van der Waals surface area contributed by atoms with E-state index in [1.165, 1.54) is 0 Å². The summed E-state index contributed by atoms with van der Waals surface area (Å²) in [5.41, 5.74) is -2.26. The molecular weight excluding hydrogens is 352 g/mol. The van der Waals surface area contributed by atoms with Crippen LogP contribution in [0.5, 0.6) is 0 Å². The number of aliphatic carboxylic acids is 1. The van der Waals surface area contributed by atoms with Crippen molar-refractivity contribution < 1.29 is 34.8 Å². The summed E-state index contributed by atoms with van der Waals surface area (Å²) in [6, 6.07) is 0. The maximum atomic E-state index is 11.8. The number of cyclic esters (lactones) is 1. The molecule has 3 rings (SSSR count). The Morgan fingerprint density at radius 2 is 2.00 bits per heavy atom. The average molecular weight is 382 g/mol. The lowest BCUT2D eigenvalue weighted by Crippen LogP contribution is -2.55. The van der Waals surface area contributed by atoms with Crippen molar-refractivity contribution in [1.29, 1.82) is 0 Å². The van der Waals surface area contributed by atoms with Crippen LogP contribution in [0.1, 0.15) is 53.4 Å². The number of ether oxygens (including phenoxy) is 1. The minimum absolute atomic E-state index is 0.115. The van der Waals surface area contributed by atoms with Gasteiger partial charge in [-0.3, -0.25) is 4.79 Å². The zero-order chi connectivity index (χ0) is 20.4. The third-order valence-corrected chi connectivity index (χ3v) is 8.21. The first-order chi connectivity index (χ1) is 12.3. The largest absolute Gasteiger partial charge is 0.481 e. The van der Waals surface area contributed by atoms with E-state index < -0.39 is 46.7 Å². The molecule has 2 saturated carbocycles. The maximum Gasteiger partial charge on any atom is 0.333 e. The Hall–Kier alpha value is -1.44. The number of carboxylic acids is 1. The quantitative estimate of drug-likeness (QED) is 0.543. The Morgan fingerprint density at radius 1 is 1.37 bits per heavy atom. The third-order valence-electron chi connectivity index (χ3n) is 8.21. The molecule has 3 aliphatic rings. The number of aliphatic hydroxyl groups excluding tert-OH is 2. The molecule has 2 fully saturated rings. The molecule has 152 valence electrons. The fraction of sp³-hybridized carbons (Fsp3) is 0.800. The third kappa shape index (κ3) is 2.82. The SMILES string of the molecule is C[C@@H]1CC[C@]2(C)[C@H](C[C@H](C(=O)O)[C@]2(C)O)[C@@]1(C)C[C@H](O)C1=CC(=O)OC1O. The van der Waals surface area contributed by atoms with E-state index in [1.54, 1.807) is 6.92 Å². The number of esters is 1. The van der Waals surface area contributed by atoms with Crippen LogP contribution in [-0.2, 0) is 14.3 Å². The molecule has 2 aliphatic carbocycles. The van der Waals surface area contributed by atoms with Crippen molar-refractivity contribution in [3.8, 4) is 0 Å². The van der Waals surface area contributed by atoms with E-state index in [4.69, 9.17) is 0 Å². The highest BCUT2D eigenvalue weighted by Gasteiger charge is 2.67. The van der Waals surface area contributed by atoms with Gasteiger partial charge in [-0.25, -0.2) is 4.79 Å². The minimum Gasteiger partial charge on any atom is -0.481 e. The first-order valence-corrected chi connectivity index (χ1v) is 9.58. The van der Waals surface area contributed by atoms with Crippen molar-refractivity contribution >= 4 is 11.9 Å². The van der Waals surface area contributed by atoms with Gasteiger partial charge in [0, 0.05) is 17.1 Å². The van der Waals surface area contributed by atoms with Crippen LogP contribution < -0.4 is 0 Å². The van der Waals surface area contributed by atoms with Crippen molar-refractivity contribution in [3.05, 3.63) is 11.6 Å². The highest BCUT2D eigenvalue weighted by molar-refractivity contribution is 5.85. The fourth-order valence-corrected chi connectivity index (χ4v) is 5.99. The van der Waals surface area contributed by atoms with Crippen LogP contribution in [0.25, 0.3) is 0 Å². The van der Waals surface area contributed by atoms with Crippen LogP contribution in [0.4, 0.5) is 0 Å². The second-order valence-corrected chi connectivity index (χ2v) is 9.34. The predicted molar refractivity (Wildman–Crippen MR) is 95.3 cm³/mol. The molecule has 0 bridgehead atoms. The van der Waals surface area contributed by atoms with Crippen LogP contribution in [0, 0.1) is 28.6 Å². The summed E-state index contributed by atoms with van der Waals surface area (Å²) in [5.74, 6) is -2.48. The van der Waals surface area contributed by atoms with Gasteiger partial charge < -0.3 is 25.2 Å². The number of carbonyl (C=O) groups excluding carboxylic acids is 1. The van der Waals surface area contributed by atoms with Gasteiger partial charge >= 0.3 is 11.9 Å². The van der Waals surface area contributed by atoms with Gasteiger partial charge in [0.2, 0.25) is 6.29 Å². The molecule has 7 heteroatoms. The van der Waals surface area contributed by atoms with Crippen LogP contribution >= 0.6 is 0 Å². The highest BCUT2D eigenvalue weighted by atomic mass is 16.6. The van der Waals surface area contributed by atoms with Crippen LogP contribution in [-0.4, -0.2) is 50.4 Å². The topological polar surface area (TPSA) is 124 Å². The Bertz CT molecular complexity index is 684. The Balaban J connectivity index is 1.95. The molecule has 0 aromatic rings. The Morgan fingerprint density at radius 3 is 2.52 bits per heavy atom. The number of carbonyl (C=O) groups is 2. The van der Waals surface area contributed by atoms with Gasteiger partial charge in [-0.1, -0.05) is 20.8 Å². The van der Waals surface area contributed by atoms with Gasteiger partial charge in [-0.15, -0.1) is 0 Å². The highest BCUT2D eigenvalue weighted by Crippen LogP contribution is 2.67. The summed E-state index contributed by atoms with van der Waals surface area (Å²) in [5, 5.41) is 41.4. The van der Waals surface area contributed by atoms with Crippen molar-refractivity contribution in [2.75, 3.05) is 0 Å². The molecule has 0 aromatic carbocycles. The van der Waals surface area contributed by atoms with Gasteiger partial charge in [0.05, 0.1) is 17.6 Å². The van der Waals surface area contributed by atoms with E-state index in [9.17, 15) is 30.0 Å². The molecule has 0 saturated heterocycles. The molecule has 1 heterocycles. The van der Waals surface area contributed by atoms with Crippen molar-refractivity contribution in [3.63, 3.8) is 0 Å². The smallest absolute Gasteiger partial charge is 0.333 e. The van der Waals surface area contributed by atoms with Gasteiger partial charge in [0.25, 0.3) is 0 Å². The van der Waals surface area contributed by atoms with Gasteiger partial charge in [-0.05, 0) is 49.9 Å². The summed E-state index contributed by atoms with van der Waals surface area (Å²) in [7, 11) is 0. The first kappa shape index (κ1) is 20.3. The predicted octanol–water partition coefficient (Wildman–Crippen LogP) is 1.45. The van der Waals surface area contributed by atoms with E-state index in [0.29, 0.717) is 12.8 Å². The van der Waals surface area contributed by atoms with Gasteiger partial charge in [-0.2, -0.15) is 0 Å². The summed E-state index contributed by atoms with van der Waals surface area (Å²) >= 11 is 0. The van der Waals surface area contributed by atoms with E-state index in [0.717, 1.165) is 12.5 Å². The average Bonchev–Trinajstić information content (AvgIpc) is 2.99. The van der Waals surface area contributed by atoms with Crippen LogP contribution in [0.2, 0.25) is 0 Å². The number of carboxylic acid groups (broad SMARTS) is 1. The monoisotopic (exact) mass is 382 g/mol. The second kappa shape index (κ2) is 6.29. The standard InChI is InChI=1S/C20H30O7/c1-10-5-6-19(3)14(8-12(16(23)24)20(19,4)26)18(10,2)9-13(21)11-7-15(22)27-17(11)25/h7,10,12-14,17,21,25-26H,5-6,8-9H2,1-4H3,(H,23,24)/t10-,12-,13+,14-,17?,18+,19-,20+/m1/s1. The van der Waals surface area contributed by atoms with Gasteiger partial charge in [0.15, 0.2) is 0 Å². The molecule has 7 nitrogen and oxygen atoms in total. The zero-order valence-electron chi connectivity index (χ0n) is 16.3. The first-order valence-electron chi connectivity index (χ1n) is 9.58. The normalized spacial score (nSPS) is 48.0. The molecule has 0 radical (unpaired) electrons. The van der Waals surface area contributed by atoms with Crippen LogP contribution in [0.3, 0.4) is 0 Å². The summed E-state index contributed by atoms with van der Waals surface area (Å²) in [6.07, 6.45) is 0.718. The molecule has 27 heavy (non-hydrogen) atoms. The molecule has 0 spiro atoms. The second-order valence-electron chi connectivity index (χ2n) is 9.34. The van der Waals surface area contributed by atoms with Crippen LogP contribution in [0.15, 0.2) is 11.6 Å². The molecule has 1 unspecified atom stereocenters.